The Balaban J connectivity index is 1.28. The molecule has 0 aromatic heterocycles. The predicted molar refractivity (Wildman–Crippen MR) is 151 cm³/mol. The number of nitrogens with zero attached hydrogens (tertiary/aromatic N) is 3. The first-order chi connectivity index (χ1) is 19.0. The first-order valence-electron chi connectivity index (χ1n) is 13.9. The molecule has 204 valence electrons. The second-order valence-electron chi connectivity index (χ2n) is 10.6. The monoisotopic (exact) mass is 528 g/mol. The Labute approximate surface area is 230 Å². The van der Waals surface area contributed by atoms with Crippen LogP contribution in [0.3, 0.4) is 0 Å². The number of rotatable bonds is 6. The van der Waals surface area contributed by atoms with E-state index in [2.05, 4.69) is 46.6 Å². The second-order valence-corrected chi connectivity index (χ2v) is 10.6. The van der Waals surface area contributed by atoms with Crippen molar-refractivity contribution in [1.82, 2.24) is 14.7 Å². The van der Waals surface area contributed by atoms with Crippen LogP contribution >= 0.6 is 0 Å². The number of amides is 2. The molecule has 0 spiro atoms. The van der Waals surface area contributed by atoms with Crippen LogP contribution in [0.1, 0.15) is 29.5 Å². The summed E-state index contributed by atoms with van der Waals surface area (Å²) in [5, 5.41) is 3.57. The molecule has 2 aliphatic heterocycles. The molecule has 1 unspecified atom stereocenters. The van der Waals surface area contributed by atoms with Crippen molar-refractivity contribution in [2.24, 2.45) is 5.92 Å². The highest BCUT2D eigenvalue weighted by Gasteiger charge is 2.36. The van der Waals surface area contributed by atoms with Crippen LogP contribution in [0.15, 0.2) is 78.9 Å². The summed E-state index contributed by atoms with van der Waals surface area (Å²) in [6.07, 6.45) is 1.89. The summed E-state index contributed by atoms with van der Waals surface area (Å²) < 4.78 is 13.2. The number of hydrogen-bond donors (Lipinski definition) is 1. The number of benzene rings is 3. The minimum atomic E-state index is -0.349. The molecular weight excluding hydrogens is 491 g/mol. The molecule has 1 atom stereocenters. The summed E-state index contributed by atoms with van der Waals surface area (Å²) in [4.78, 5) is 32.9. The van der Waals surface area contributed by atoms with Gasteiger partial charge < -0.3 is 15.1 Å². The number of likely N-dealkylation sites (tertiary alicyclic amines) is 1. The van der Waals surface area contributed by atoms with Crippen LogP contribution in [-0.2, 0) is 29.1 Å². The molecule has 6 nitrogen and oxygen atoms in total. The summed E-state index contributed by atoms with van der Waals surface area (Å²) in [6, 6.07) is 25.0. The Morgan fingerprint density at radius 1 is 0.897 bits per heavy atom. The number of nitrogens with one attached hydrogen (secondary N) is 1. The van der Waals surface area contributed by atoms with Gasteiger partial charge in [0, 0.05) is 64.5 Å². The largest absolute Gasteiger partial charge is 0.385 e. The number of halogens is 1. The molecule has 2 heterocycles. The van der Waals surface area contributed by atoms with Gasteiger partial charge in [-0.3, -0.25) is 14.5 Å². The SMILES string of the molecule is O=C1CC(C(=O)N2CCN(Cc3ccccc3)CCCNc3ccccc3C2)CN1CCc1ccc(F)cc1. The zero-order valence-corrected chi connectivity index (χ0v) is 22.4. The Morgan fingerprint density at radius 3 is 2.49 bits per heavy atom. The Morgan fingerprint density at radius 2 is 1.67 bits per heavy atom. The average molecular weight is 529 g/mol. The number of fused-ring (bicyclic) bond motifs is 1. The number of carbonyl (C=O) groups is 2. The normalized spacial score (nSPS) is 18.8. The average Bonchev–Trinajstić information content (AvgIpc) is 3.32. The van der Waals surface area contributed by atoms with E-state index in [9.17, 15) is 14.0 Å². The van der Waals surface area contributed by atoms with E-state index in [1.54, 1.807) is 17.0 Å². The van der Waals surface area contributed by atoms with E-state index < -0.39 is 0 Å². The maximum atomic E-state index is 13.9. The number of hydrogen-bond acceptors (Lipinski definition) is 4. The van der Waals surface area contributed by atoms with Crippen LogP contribution < -0.4 is 5.32 Å². The third-order valence-corrected chi connectivity index (χ3v) is 7.74. The molecule has 3 aromatic rings. The highest BCUT2D eigenvalue weighted by Crippen LogP contribution is 2.24. The third-order valence-electron chi connectivity index (χ3n) is 7.74. The van der Waals surface area contributed by atoms with Crippen molar-refractivity contribution < 1.29 is 14.0 Å². The van der Waals surface area contributed by atoms with E-state index in [4.69, 9.17) is 0 Å². The molecule has 2 amide bonds. The van der Waals surface area contributed by atoms with Gasteiger partial charge in [0.1, 0.15) is 5.82 Å². The highest BCUT2D eigenvalue weighted by molar-refractivity contribution is 5.89. The van der Waals surface area contributed by atoms with Crippen molar-refractivity contribution in [3.8, 4) is 0 Å². The molecule has 0 saturated carbocycles. The van der Waals surface area contributed by atoms with Crippen LogP contribution in [0.25, 0.3) is 0 Å². The van der Waals surface area contributed by atoms with Crippen molar-refractivity contribution in [2.75, 3.05) is 44.6 Å². The zero-order chi connectivity index (χ0) is 27.0. The van der Waals surface area contributed by atoms with Crippen LogP contribution in [-0.4, -0.2) is 65.8 Å². The molecule has 1 saturated heterocycles. The summed E-state index contributed by atoms with van der Waals surface area (Å²) in [5.41, 5.74) is 4.41. The van der Waals surface area contributed by atoms with E-state index in [0.717, 1.165) is 49.4 Å². The summed E-state index contributed by atoms with van der Waals surface area (Å²) in [7, 11) is 0. The molecular formula is C32H37FN4O2. The lowest BCUT2D eigenvalue weighted by Crippen LogP contribution is -2.42. The van der Waals surface area contributed by atoms with Crippen LogP contribution in [0.2, 0.25) is 0 Å². The van der Waals surface area contributed by atoms with Crippen LogP contribution in [0, 0.1) is 11.7 Å². The van der Waals surface area contributed by atoms with E-state index in [1.165, 1.54) is 17.7 Å². The van der Waals surface area contributed by atoms with Gasteiger partial charge in [-0.25, -0.2) is 4.39 Å². The van der Waals surface area contributed by atoms with Crippen molar-refractivity contribution >= 4 is 17.5 Å². The van der Waals surface area contributed by atoms with Gasteiger partial charge in [0.05, 0.1) is 5.92 Å². The summed E-state index contributed by atoms with van der Waals surface area (Å²) in [5.74, 6) is -0.558. The summed E-state index contributed by atoms with van der Waals surface area (Å²) >= 11 is 0. The van der Waals surface area contributed by atoms with Gasteiger partial charge in [-0.2, -0.15) is 0 Å². The van der Waals surface area contributed by atoms with E-state index in [1.807, 2.05) is 23.1 Å². The molecule has 1 fully saturated rings. The van der Waals surface area contributed by atoms with Crippen molar-refractivity contribution in [3.63, 3.8) is 0 Å². The van der Waals surface area contributed by atoms with E-state index >= 15 is 0 Å². The zero-order valence-electron chi connectivity index (χ0n) is 22.4. The van der Waals surface area contributed by atoms with Crippen molar-refractivity contribution in [3.05, 3.63) is 101 Å². The molecule has 2 aliphatic rings. The third kappa shape index (κ3) is 7.24. The van der Waals surface area contributed by atoms with Crippen LogP contribution in [0.4, 0.5) is 10.1 Å². The molecule has 0 radical (unpaired) electrons. The maximum Gasteiger partial charge on any atom is 0.228 e. The standard InChI is InChI=1S/C32H37FN4O2/c33-29-13-11-25(12-14-29)15-18-36-24-28(21-31(36)38)32(39)37-20-19-35(22-26-7-2-1-3-8-26)17-6-16-34-30-10-5-4-9-27(30)23-37/h1-5,7-14,28,34H,6,15-24H2. The molecule has 0 aliphatic carbocycles. The molecule has 5 rings (SSSR count). The van der Waals surface area contributed by atoms with E-state index in [0.29, 0.717) is 32.6 Å². The van der Waals surface area contributed by atoms with E-state index in [-0.39, 0.29) is 30.0 Å². The van der Waals surface area contributed by atoms with Gasteiger partial charge in [0.25, 0.3) is 0 Å². The Bertz CT molecular complexity index is 1250. The molecule has 1 N–H and O–H groups in total. The van der Waals surface area contributed by atoms with Crippen molar-refractivity contribution in [1.29, 1.82) is 0 Å². The molecule has 3 aromatic carbocycles. The topological polar surface area (TPSA) is 55.9 Å². The quantitative estimate of drug-likeness (QED) is 0.510. The Hall–Kier alpha value is -3.71. The summed E-state index contributed by atoms with van der Waals surface area (Å²) in [6.45, 7) is 5.52. The minimum absolute atomic E-state index is 0.0149. The molecule has 7 heteroatoms. The second kappa shape index (κ2) is 12.9. The fourth-order valence-electron chi connectivity index (χ4n) is 5.53. The van der Waals surface area contributed by atoms with Crippen molar-refractivity contribution in [2.45, 2.75) is 32.4 Å². The highest BCUT2D eigenvalue weighted by atomic mass is 19.1. The lowest BCUT2D eigenvalue weighted by molar-refractivity contribution is -0.136. The lowest BCUT2D eigenvalue weighted by atomic mass is 10.1. The number of carbonyl (C=O) groups excluding carboxylic acids is 2. The van der Waals surface area contributed by atoms with Gasteiger partial charge in [0.15, 0.2) is 0 Å². The number of anilines is 1. The number of para-hydroxylation sites is 1. The molecule has 0 bridgehead atoms. The van der Waals surface area contributed by atoms with Crippen LogP contribution in [0.5, 0.6) is 0 Å². The van der Waals surface area contributed by atoms with Gasteiger partial charge >= 0.3 is 0 Å². The van der Waals surface area contributed by atoms with Gasteiger partial charge in [0.2, 0.25) is 11.8 Å². The molecule has 39 heavy (non-hydrogen) atoms. The van der Waals surface area contributed by atoms with Gasteiger partial charge in [-0.05, 0) is 47.7 Å². The fourth-order valence-corrected chi connectivity index (χ4v) is 5.53. The predicted octanol–water partition coefficient (Wildman–Crippen LogP) is 4.56. The Kier molecular flexibility index (Phi) is 8.89. The maximum absolute atomic E-state index is 13.9. The van der Waals surface area contributed by atoms with Gasteiger partial charge in [-0.15, -0.1) is 0 Å². The fraction of sp³-hybridized carbons (Fsp3) is 0.375. The lowest BCUT2D eigenvalue weighted by Gasteiger charge is -2.29. The smallest absolute Gasteiger partial charge is 0.228 e. The first-order valence-corrected chi connectivity index (χ1v) is 13.9. The first kappa shape index (κ1) is 26.9. The minimum Gasteiger partial charge on any atom is -0.385 e. The van der Waals surface area contributed by atoms with Gasteiger partial charge in [-0.1, -0.05) is 60.7 Å².